The highest BCUT2D eigenvalue weighted by atomic mass is 32.2. The first-order valence-electron chi connectivity index (χ1n) is 10.7. The van der Waals surface area contributed by atoms with Crippen molar-refractivity contribution in [2.45, 2.75) is 30.7 Å². The molecule has 1 amide bonds. The number of ether oxygens (including phenoxy) is 1. The maximum Gasteiger partial charge on any atom is 0.261 e. The molecule has 1 saturated heterocycles. The molecule has 1 aliphatic heterocycles. The van der Waals surface area contributed by atoms with Crippen LogP contribution in [-0.4, -0.2) is 32.4 Å². The van der Waals surface area contributed by atoms with Crippen LogP contribution in [0.2, 0.25) is 0 Å². The van der Waals surface area contributed by atoms with Gasteiger partial charge in [0, 0.05) is 17.8 Å². The Morgan fingerprint density at radius 3 is 2.34 bits per heavy atom. The number of anilines is 1. The minimum absolute atomic E-state index is 0.0442. The van der Waals surface area contributed by atoms with Crippen LogP contribution in [-0.2, 0) is 10.0 Å². The van der Waals surface area contributed by atoms with Gasteiger partial charge in [-0.05, 0) is 73.9 Å². The summed E-state index contributed by atoms with van der Waals surface area (Å²) in [7, 11) is -3.74. The summed E-state index contributed by atoms with van der Waals surface area (Å²) in [6, 6.07) is 22.9. The molecule has 0 bridgehead atoms. The number of rotatable bonds is 7. The SMILES string of the molecule is CCOc1ccc(S(=O)(=O)Nc2ccc(C(=O)N3CCCC3c3ccccc3)cc2)cc1. The largest absolute Gasteiger partial charge is 0.494 e. The second-order valence-corrected chi connectivity index (χ2v) is 9.34. The predicted octanol–water partition coefficient (Wildman–Crippen LogP) is 4.86. The lowest BCUT2D eigenvalue weighted by molar-refractivity contribution is 0.0735. The van der Waals surface area contributed by atoms with E-state index in [1.54, 1.807) is 36.4 Å². The fourth-order valence-electron chi connectivity index (χ4n) is 3.97. The summed E-state index contributed by atoms with van der Waals surface area (Å²) in [5, 5.41) is 0. The Labute approximate surface area is 188 Å². The molecule has 7 heteroatoms. The molecule has 166 valence electrons. The third kappa shape index (κ3) is 4.78. The maximum absolute atomic E-state index is 13.1. The van der Waals surface area contributed by atoms with Crippen molar-refractivity contribution in [2.24, 2.45) is 0 Å². The molecule has 0 radical (unpaired) electrons. The molecule has 0 saturated carbocycles. The van der Waals surface area contributed by atoms with Gasteiger partial charge in [0.1, 0.15) is 5.75 Å². The number of nitrogens with one attached hydrogen (secondary N) is 1. The van der Waals surface area contributed by atoms with E-state index in [4.69, 9.17) is 4.74 Å². The second kappa shape index (κ2) is 9.44. The minimum atomic E-state index is -3.74. The summed E-state index contributed by atoms with van der Waals surface area (Å²) in [5.74, 6) is 0.572. The molecule has 0 aliphatic carbocycles. The normalized spacial score (nSPS) is 16.0. The van der Waals surface area contributed by atoms with E-state index in [-0.39, 0.29) is 16.8 Å². The lowest BCUT2D eigenvalue weighted by Gasteiger charge is -2.25. The zero-order valence-electron chi connectivity index (χ0n) is 17.9. The molecule has 1 aliphatic rings. The van der Waals surface area contributed by atoms with Gasteiger partial charge in [0.2, 0.25) is 0 Å². The molecule has 6 nitrogen and oxygen atoms in total. The molecule has 1 N–H and O–H groups in total. The van der Waals surface area contributed by atoms with Gasteiger partial charge in [0.05, 0.1) is 17.5 Å². The van der Waals surface area contributed by atoms with Crippen LogP contribution in [0.25, 0.3) is 0 Å². The fraction of sp³-hybridized carbons (Fsp3) is 0.240. The Morgan fingerprint density at radius 1 is 1.00 bits per heavy atom. The molecular formula is C25H26N2O4S. The van der Waals surface area contributed by atoms with E-state index in [1.165, 1.54) is 12.1 Å². The maximum atomic E-state index is 13.1. The third-order valence-electron chi connectivity index (χ3n) is 5.53. The van der Waals surface area contributed by atoms with Crippen LogP contribution in [0.1, 0.15) is 41.7 Å². The van der Waals surface area contributed by atoms with Gasteiger partial charge in [-0.25, -0.2) is 8.42 Å². The van der Waals surface area contributed by atoms with Crippen LogP contribution >= 0.6 is 0 Å². The van der Waals surface area contributed by atoms with E-state index in [0.29, 0.717) is 30.2 Å². The summed E-state index contributed by atoms with van der Waals surface area (Å²) >= 11 is 0. The number of amides is 1. The first kappa shape index (κ1) is 21.9. The Kier molecular flexibility index (Phi) is 6.46. The first-order chi connectivity index (χ1) is 15.5. The van der Waals surface area contributed by atoms with Gasteiger partial charge in [-0.15, -0.1) is 0 Å². The van der Waals surface area contributed by atoms with Crippen molar-refractivity contribution in [2.75, 3.05) is 17.9 Å². The fourth-order valence-corrected chi connectivity index (χ4v) is 5.03. The van der Waals surface area contributed by atoms with E-state index < -0.39 is 10.0 Å². The number of hydrogen-bond donors (Lipinski definition) is 1. The molecule has 3 aromatic rings. The topological polar surface area (TPSA) is 75.7 Å². The van der Waals surface area contributed by atoms with E-state index in [2.05, 4.69) is 16.9 Å². The van der Waals surface area contributed by atoms with Crippen molar-refractivity contribution in [3.05, 3.63) is 90.0 Å². The summed E-state index contributed by atoms with van der Waals surface area (Å²) in [4.78, 5) is 15.1. The van der Waals surface area contributed by atoms with Crippen LogP contribution in [0.5, 0.6) is 5.75 Å². The molecular weight excluding hydrogens is 424 g/mol. The third-order valence-corrected chi connectivity index (χ3v) is 6.92. The molecule has 0 aromatic heterocycles. The second-order valence-electron chi connectivity index (χ2n) is 7.65. The lowest BCUT2D eigenvalue weighted by Crippen LogP contribution is -2.30. The first-order valence-corrected chi connectivity index (χ1v) is 12.2. The predicted molar refractivity (Wildman–Crippen MR) is 124 cm³/mol. The Morgan fingerprint density at radius 2 is 1.69 bits per heavy atom. The van der Waals surface area contributed by atoms with Crippen molar-refractivity contribution >= 4 is 21.6 Å². The lowest BCUT2D eigenvalue weighted by atomic mass is 10.0. The van der Waals surface area contributed by atoms with E-state index in [0.717, 1.165) is 18.4 Å². The van der Waals surface area contributed by atoms with Crippen LogP contribution in [0, 0.1) is 0 Å². The summed E-state index contributed by atoms with van der Waals surface area (Å²) < 4.78 is 33.3. The number of carbonyl (C=O) groups excluding carboxylic acids is 1. The molecule has 1 fully saturated rings. The molecule has 1 atom stereocenters. The Balaban J connectivity index is 1.46. The van der Waals surface area contributed by atoms with Gasteiger partial charge in [0.25, 0.3) is 15.9 Å². The van der Waals surface area contributed by atoms with Crippen LogP contribution in [0.3, 0.4) is 0 Å². The van der Waals surface area contributed by atoms with Crippen molar-refractivity contribution in [1.82, 2.24) is 4.90 Å². The van der Waals surface area contributed by atoms with E-state index in [1.807, 2.05) is 30.0 Å². The van der Waals surface area contributed by atoms with Crippen LogP contribution < -0.4 is 9.46 Å². The highest BCUT2D eigenvalue weighted by Crippen LogP contribution is 2.33. The zero-order valence-corrected chi connectivity index (χ0v) is 18.7. The number of hydrogen-bond acceptors (Lipinski definition) is 4. The van der Waals surface area contributed by atoms with Gasteiger partial charge in [0.15, 0.2) is 0 Å². The highest BCUT2D eigenvalue weighted by Gasteiger charge is 2.30. The average Bonchev–Trinajstić information content (AvgIpc) is 3.30. The minimum Gasteiger partial charge on any atom is -0.494 e. The van der Waals surface area contributed by atoms with E-state index >= 15 is 0 Å². The monoisotopic (exact) mass is 450 g/mol. The Bertz CT molecular complexity index is 1160. The van der Waals surface area contributed by atoms with Gasteiger partial charge < -0.3 is 9.64 Å². The quantitative estimate of drug-likeness (QED) is 0.558. The average molecular weight is 451 g/mol. The Hall–Kier alpha value is -3.32. The zero-order chi connectivity index (χ0) is 22.6. The summed E-state index contributed by atoms with van der Waals surface area (Å²) in [6.07, 6.45) is 1.90. The van der Waals surface area contributed by atoms with Gasteiger partial charge in [-0.3, -0.25) is 9.52 Å². The number of nitrogens with zero attached hydrogens (tertiary/aromatic N) is 1. The summed E-state index contributed by atoms with van der Waals surface area (Å²) in [6.45, 7) is 3.09. The van der Waals surface area contributed by atoms with Gasteiger partial charge >= 0.3 is 0 Å². The number of carbonyl (C=O) groups is 1. The van der Waals surface area contributed by atoms with E-state index in [9.17, 15) is 13.2 Å². The van der Waals surface area contributed by atoms with Gasteiger partial charge in [-0.2, -0.15) is 0 Å². The number of likely N-dealkylation sites (tertiary alicyclic amines) is 1. The molecule has 1 heterocycles. The molecule has 32 heavy (non-hydrogen) atoms. The molecule has 1 unspecified atom stereocenters. The smallest absolute Gasteiger partial charge is 0.261 e. The molecule has 4 rings (SSSR count). The van der Waals surface area contributed by atoms with Crippen molar-refractivity contribution in [3.8, 4) is 5.75 Å². The molecule has 3 aromatic carbocycles. The van der Waals surface area contributed by atoms with Crippen LogP contribution in [0.4, 0.5) is 5.69 Å². The van der Waals surface area contributed by atoms with Gasteiger partial charge in [-0.1, -0.05) is 30.3 Å². The van der Waals surface area contributed by atoms with Crippen molar-refractivity contribution in [3.63, 3.8) is 0 Å². The standard InChI is InChI=1S/C25H26N2O4S/c1-2-31-22-14-16-23(17-15-22)32(29,30)26-21-12-10-20(11-13-21)25(28)27-18-6-9-24(27)19-7-4-3-5-8-19/h3-5,7-8,10-17,24,26H,2,6,9,18H2,1H3. The van der Waals surface area contributed by atoms with Crippen molar-refractivity contribution < 1.29 is 17.9 Å². The summed E-state index contributed by atoms with van der Waals surface area (Å²) in [5.41, 5.74) is 2.08. The highest BCUT2D eigenvalue weighted by molar-refractivity contribution is 7.92. The van der Waals surface area contributed by atoms with Crippen LogP contribution in [0.15, 0.2) is 83.8 Å². The number of sulfonamides is 1. The van der Waals surface area contributed by atoms with Crippen molar-refractivity contribution in [1.29, 1.82) is 0 Å². The molecule has 0 spiro atoms. The number of benzene rings is 3.